The van der Waals surface area contributed by atoms with Crippen molar-refractivity contribution in [2.75, 3.05) is 13.4 Å². The Morgan fingerprint density at radius 2 is 0.928 bits per heavy atom. The zero-order valence-corrected chi connectivity index (χ0v) is 46.9. The third-order valence-corrected chi connectivity index (χ3v) is 15.5. The number of ether oxygens (including phenoxy) is 6. The molecule has 12 heteroatoms. The number of benzene rings is 5. The fourth-order valence-corrected chi connectivity index (χ4v) is 10.4. The summed E-state index contributed by atoms with van der Waals surface area (Å²) in [7, 11) is 0. The van der Waals surface area contributed by atoms with Gasteiger partial charge in [0.25, 0.3) is 0 Å². The molecule has 3 fully saturated rings. The molecule has 0 saturated heterocycles. The Labute approximate surface area is 487 Å². The molecule has 0 aromatic heterocycles. The molecule has 3 aliphatic carbocycles. The second-order valence-corrected chi connectivity index (χ2v) is 21.3. The summed E-state index contributed by atoms with van der Waals surface area (Å²) in [6.45, 7) is 5.40. The molecule has 0 aliphatic heterocycles. The Kier molecular flexibility index (Phi) is 21.8. The molecule has 424 valence electrons. The topological polar surface area (TPSA) is 158 Å². The first-order valence-corrected chi connectivity index (χ1v) is 28.7. The largest absolute Gasteiger partial charge is 0.465 e. The average Bonchev–Trinajstić information content (AvgIpc) is 3.58. The predicted octanol–water partition coefficient (Wildman–Crippen LogP) is 12.5. The van der Waals surface area contributed by atoms with Crippen LogP contribution in [0.1, 0.15) is 165 Å². The molecule has 0 N–H and O–H groups in total. The first kappa shape index (κ1) is 60.0. The third kappa shape index (κ3) is 17.9. The van der Waals surface area contributed by atoms with E-state index in [-0.39, 0.29) is 47.1 Å². The number of esters is 6. The lowest BCUT2D eigenvalue weighted by molar-refractivity contribution is -0.169. The summed E-state index contributed by atoms with van der Waals surface area (Å²) in [5.41, 5.74) is 5.14. The maximum atomic E-state index is 14.0. The van der Waals surface area contributed by atoms with Gasteiger partial charge >= 0.3 is 35.8 Å². The van der Waals surface area contributed by atoms with Crippen LogP contribution in [0.25, 0.3) is 0 Å². The Morgan fingerprint density at radius 3 is 1.37 bits per heavy atom. The first-order chi connectivity index (χ1) is 40.4. The Hall–Kier alpha value is -9.10. The lowest BCUT2D eigenvalue weighted by Crippen LogP contribution is -2.37. The van der Waals surface area contributed by atoms with E-state index >= 15 is 0 Å². The van der Waals surface area contributed by atoms with E-state index in [2.05, 4.69) is 54.9 Å². The van der Waals surface area contributed by atoms with Crippen LogP contribution in [0, 0.1) is 71.5 Å². The molecule has 0 atom stereocenters. The van der Waals surface area contributed by atoms with Gasteiger partial charge in [0.05, 0.1) is 35.8 Å². The van der Waals surface area contributed by atoms with Gasteiger partial charge in [0.1, 0.15) is 11.5 Å². The summed E-state index contributed by atoms with van der Waals surface area (Å²) in [5, 5.41) is 0. The van der Waals surface area contributed by atoms with Gasteiger partial charge in [-0.2, -0.15) is 0 Å². The predicted molar refractivity (Wildman–Crippen MR) is 313 cm³/mol. The molecular formula is C71H68O12. The Morgan fingerprint density at radius 1 is 0.506 bits per heavy atom. The molecular weight excluding hydrogens is 1040 g/mol. The summed E-state index contributed by atoms with van der Waals surface area (Å²) in [6, 6.07) is 36.7. The van der Waals surface area contributed by atoms with Crippen LogP contribution in [-0.2, 0) is 42.9 Å². The summed E-state index contributed by atoms with van der Waals surface area (Å²) in [4.78, 5) is 76.8. The zero-order valence-electron chi connectivity index (χ0n) is 46.9. The highest BCUT2D eigenvalue weighted by Gasteiger charge is 2.39. The van der Waals surface area contributed by atoms with Crippen molar-refractivity contribution in [3.05, 3.63) is 178 Å². The van der Waals surface area contributed by atoms with Crippen LogP contribution in [0.2, 0.25) is 0 Å². The first-order valence-electron chi connectivity index (χ1n) is 28.7. The van der Waals surface area contributed by atoms with Crippen LogP contribution in [0.15, 0.2) is 134 Å². The van der Waals surface area contributed by atoms with Gasteiger partial charge in [-0.3, -0.25) is 19.2 Å². The summed E-state index contributed by atoms with van der Waals surface area (Å²) in [5.74, 6) is 19.0. The van der Waals surface area contributed by atoms with E-state index in [1.807, 2.05) is 84.9 Å². The molecule has 0 unspecified atom stereocenters. The van der Waals surface area contributed by atoms with Crippen molar-refractivity contribution >= 4 is 35.8 Å². The molecule has 3 saturated carbocycles. The fourth-order valence-electron chi connectivity index (χ4n) is 10.4. The number of carbonyl (C=O) groups is 6. The van der Waals surface area contributed by atoms with Crippen LogP contribution in [0.4, 0.5) is 0 Å². The van der Waals surface area contributed by atoms with Gasteiger partial charge < -0.3 is 28.4 Å². The molecule has 0 heterocycles. The summed E-state index contributed by atoms with van der Waals surface area (Å²) in [6.07, 6.45) is 16.8. The second-order valence-electron chi connectivity index (χ2n) is 21.3. The van der Waals surface area contributed by atoms with E-state index in [4.69, 9.17) is 34.8 Å². The van der Waals surface area contributed by atoms with E-state index in [1.54, 1.807) is 36.4 Å². The molecule has 0 radical (unpaired) electrons. The maximum absolute atomic E-state index is 14.0. The monoisotopic (exact) mass is 1110 g/mol. The number of carbonyl (C=O) groups excluding carboxylic acids is 6. The van der Waals surface area contributed by atoms with E-state index in [1.165, 1.54) is 0 Å². The van der Waals surface area contributed by atoms with E-state index in [9.17, 15) is 28.8 Å². The minimum Gasteiger partial charge on any atom is -0.465 e. The minimum atomic E-state index is -1.12. The molecule has 5 aromatic carbocycles. The second kappa shape index (κ2) is 30.1. The highest BCUT2D eigenvalue weighted by atomic mass is 16.7. The van der Waals surface area contributed by atoms with Crippen molar-refractivity contribution in [3.8, 4) is 59.4 Å². The lowest BCUT2D eigenvalue weighted by atomic mass is 9.76. The molecule has 0 bridgehead atoms. The lowest BCUT2D eigenvalue weighted by Gasteiger charge is -2.36. The van der Waals surface area contributed by atoms with E-state index < -0.39 is 36.2 Å². The molecule has 12 nitrogen and oxygen atoms in total. The van der Waals surface area contributed by atoms with Gasteiger partial charge in [-0.25, -0.2) is 9.59 Å². The highest BCUT2D eigenvalue weighted by Crippen LogP contribution is 2.41. The van der Waals surface area contributed by atoms with Gasteiger partial charge in [0.2, 0.25) is 6.79 Å². The Balaban J connectivity index is 0.882. The fraction of sp³-hybridized carbons (Fsp3) is 0.352. The normalized spacial score (nSPS) is 19.8. The zero-order chi connectivity index (χ0) is 58.4. The van der Waals surface area contributed by atoms with Gasteiger partial charge in [0.15, 0.2) is 5.60 Å². The van der Waals surface area contributed by atoms with Gasteiger partial charge in [0, 0.05) is 39.5 Å². The standard InChI is InChI=1S/C71H68O12/c1-4-7-8-9-48-78-66(73)58-26-30-60(31-27-58)69(76)82-64-40-36-62(37-41-64)70(77)83-71(45-42-55-24-22-54(23-25-55)21-20-53-18-16-52(17-19-53)15-14-51-12-10-50(5-2)11-13-51)46-43-57(44-47-71)56-34-38-63(39-35-56)81-68(75)61-32-28-59(29-33-61)67(74)80-49-79-65(72)6-3/h2,6,10-13,16-19,22-25,34-41,57-61H,3-4,7-9,26-33,43-44,46-49H2,1H3. The summed E-state index contributed by atoms with van der Waals surface area (Å²) >= 11 is 0. The quantitative estimate of drug-likeness (QED) is 0.0165. The molecule has 0 amide bonds. The van der Waals surface area contributed by atoms with Crippen molar-refractivity contribution < 1.29 is 57.2 Å². The third-order valence-electron chi connectivity index (χ3n) is 15.5. The van der Waals surface area contributed by atoms with Crippen LogP contribution in [0.3, 0.4) is 0 Å². The SMILES string of the molecule is C#Cc1ccc(C#Cc2ccc(C#Cc3ccc(C#CC4(OC(=O)c5ccc(OC(=O)C6CCC(C(=O)OCCCCCC)CC6)cc5)CCC(c5ccc(OC(=O)C6CCC(C(=O)OCOC(=O)C=C)CC6)cc5)CC4)cc3)cc2)cc1. The molecule has 8 rings (SSSR count). The maximum Gasteiger partial charge on any atom is 0.339 e. The summed E-state index contributed by atoms with van der Waals surface area (Å²) < 4.78 is 33.3. The average molecular weight is 1110 g/mol. The van der Waals surface area contributed by atoms with Crippen molar-refractivity contribution in [2.45, 2.75) is 121 Å². The van der Waals surface area contributed by atoms with Crippen LogP contribution < -0.4 is 9.47 Å². The van der Waals surface area contributed by atoms with Crippen LogP contribution >= 0.6 is 0 Å². The number of terminal acetylenes is 1. The van der Waals surface area contributed by atoms with Crippen LogP contribution in [-0.4, -0.2) is 54.8 Å². The number of rotatable bonds is 17. The van der Waals surface area contributed by atoms with Gasteiger partial charge in [-0.15, -0.1) is 6.42 Å². The molecule has 83 heavy (non-hydrogen) atoms. The smallest absolute Gasteiger partial charge is 0.339 e. The van der Waals surface area contributed by atoms with Crippen molar-refractivity contribution in [3.63, 3.8) is 0 Å². The van der Waals surface area contributed by atoms with Gasteiger partial charge in [-0.1, -0.05) is 80.4 Å². The molecule has 3 aliphatic rings. The molecule has 5 aromatic rings. The van der Waals surface area contributed by atoms with Crippen molar-refractivity contribution in [1.29, 1.82) is 0 Å². The number of unbranched alkanes of at least 4 members (excludes halogenated alkanes) is 3. The number of hydrogen-bond donors (Lipinski definition) is 0. The van der Waals surface area contributed by atoms with Gasteiger partial charge in [-0.05, 0) is 210 Å². The highest BCUT2D eigenvalue weighted by molar-refractivity contribution is 5.90. The van der Waals surface area contributed by atoms with E-state index in [0.29, 0.717) is 95.2 Å². The minimum absolute atomic E-state index is 0.113. The van der Waals surface area contributed by atoms with Crippen molar-refractivity contribution in [1.82, 2.24) is 0 Å². The van der Waals surface area contributed by atoms with Crippen LogP contribution in [0.5, 0.6) is 11.5 Å². The van der Waals surface area contributed by atoms with E-state index in [0.717, 1.165) is 70.7 Å². The van der Waals surface area contributed by atoms with Crippen molar-refractivity contribution in [2.24, 2.45) is 23.7 Å². The number of hydrogen-bond acceptors (Lipinski definition) is 12. The molecule has 0 spiro atoms. The Bertz CT molecular complexity index is 3310.